The molecule has 1 amide bonds. The molecule has 0 aromatic heterocycles. The van der Waals surface area contributed by atoms with E-state index >= 15 is 0 Å². The standard InChI is InChI=1S/C17H27N3O/c1-3-16(13-18)19-7-9-20(10-8-19)17(21)12-15-6-4-5-14(2)11-15/h4-6,11,16H,3,7-10,12-13,18H2,1-2H3. The van der Waals surface area contributed by atoms with Crippen LogP contribution in [0.25, 0.3) is 0 Å². The van der Waals surface area contributed by atoms with Gasteiger partial charge in [0.1, 0.15) is 0 Å². The van der Waals surface area contributed by atoms with E-state index < -0.39 is 0 Å². The van der Waals surface area contributed by atoms with Gasteiger partial charge in [-0.2, -0.15) is 0 Å². The number of hydrogen-bond donors (Lipinski definition) is 1. The molecule has 1 aliphatic rings. The monoisotopic (exact) mass is 289 g/mol. The molecule has 0 spiro atoms. The summed E-state index contributed by atoms with van der Waals surface area (Å²) >= 11 is 0. The molecule has 4 heteroatoms. The molecule has 4 nitrogen and oxygen atoms in total. The first kappa shape index (κ1) is 16.0. The van der Waals surface area contributed by atoms with E-state index in [2.05, 4.69) is 30.9 Å². The minimum absolute atomic E-state index is 0.237. The Labute approximate surface area is 127 Å². The van der Waals surface area contributed by atoms with E-state index in [1.165, 1.54) is 5.56 Å². The number of amides is 1. The first-order valence-electron chi connectivity index (χ1n) is 7.91. The minimum Gasteiger partial charge on any atom is -0.340 e. The maximum absolute atomic E-state index is 12.4. The Balaban J connectivity index is 1.86. The normalized spacial score (nSPS) is 17.8. The van der Waals surface area contributed by atoms with Crippen molar-refractivity contribution in [2.24, 2.45) is 5.73 Å². The van der Waals surface area contributed by atoms with Gasteiger partial charge in [-0.25, -0.2) is 0 Å². The first-order valence-corrected chi connectivity index (χ1v) is 7.91. The summed E-state index contributed by atoms with van der Waals surface area (Å²) in [5.74, 6) is 0.237. The third-order valence-electron chi connectivity index (χ3n) is 4.36. The molecule has 1 unspecified atom stereocenters. The molecule has 0 radical (unpaired) electrons. The lowest BCUT2D eigenvalue weighted by molar-refractivity contribution is -0.132. The highest BCUT2D eigenvalue weighted by Gasteiger charge is 2.24. The van der Waals surface area contributed by atoms with Crippen LogP contribution >= 0.6 is 0 Å². The van der Waals surface area contributed by atoms with Gasteiger partial charge in [-0.3, -0.25) is 9.69 Å². The molecule has 1 saturated heterocycles. The maximum Gasteiger partial charge on any atom is 0.227 e. The third-order valence-corrected chi connectivity index (χ3v) is 4.36. The van der Waals surface area contributed by atoms with Crippen LogP contribution in [-0.4, -0.2) is 54.5 Å². The van der Waals surface area contributed by atoms with Gasteiger partial charge < -0.3 is 10.6 Å². The van der Waals surface area contributed by atoms with Crippen molar-refractivity contribution in [3.8, 4) is 0 Å². The molecule has 1 atom stereocenters. The Kier molecular flexibility index (Phi) is 5.76. The number of nitrogens with zero attached hydrogens (tertiary/aromatic N) is 2. The van der Waals surface area contributed by atoms with E-state index in [0.717, 1.165) is 38.2 Å². The van der Waals surface area contributed by atoms with Gasteiger partial charge in [0.05, 0.1) is 6.42 Å². The van der Waals surface area contributed by atoms with Gasteiger partial charge in [-0.1, -0.05) is 36.8 Å². The number of benzene rings is 1. The summed E-state index contributed by atoms with van der Waals surface area (Å²) in [6.45, 7) is 8.46. The van der Waals surface area contributed by atoms with E-state index in [1.54, 1.807) is 0 Å². The second-order valence-electron chi connectivity index (χ2n) is 5.88. The first-order chi connectivity index (χ1) is 10.1. The summed E-state index contributed by atoms with van der Waals surface area (Å²) in [5, 5.41) is 0. The summed E-state index contributed by atoms with van der Waals surface area (Å²) in [4.78, 5) is 16.8. The van der Waals surface area contributed by atoms with Crippen LogP contribution in [0.15, 0.2) is 24.3 Å². The van der Waals surface area contributed by atoms with Crippen LogP contribution < -0.4 is 5.73 Å². The molecular weight excluding hydrogens is 262 g/mol. The second-order valence-corrected chi connectivity index (χ2v) is 5.88. The zero-order valence-electron chi connectivity index (χ0n) is 13.2. The summed E-state index contributed by atoms with van der Waals surface area (Å²) in [6, 6.07) is 8.66. The largest absolute Gasteiger partial charge is 0.340 e. The van der Waals surface area contributed by atoms with Crippen LogP contribution in [0.5, 0.6) is 0 Å². The van der Waals surface area contributed by atoms with Gasteiger partial charge in [0, 0.05) is 38.8 Å². The van der Waals surface area contributed by atoms with E-state index in [1.807, 2.05) is 17.0 Å². The maximum atomic E-state index is 12.4. The van der Waals surface area contributed by atoms with Gasteiger partial charge >= 0.3 is 0 Å². The van der Waals surface area contributed by atoms with Crippen LogP contribution in [0.3, 0.4) is 0 Å². The zero-order chi connectivity index (χ0) is 15.2. The summed E-state index contributed by atoms with van der Waals surface area (Å²) in [5.41, 5.74) is 8.12. The Morgan fingerprint density at radius 3 is 2.57 bits per heavy atom. The Hall–Kier alpha value is -1.39. The predicted molar refractivity (Wildman–Crippen MR) is 86.2 cm³/mol. The third kappa shape index (κ3) is 4.29. The van der Waals surface area contributed by atoms with Gasteiger partial charge in [0.2, 0.25) is 5.91 Å². The van der Waals surface area contributed by atoms with Crippen molar-refractivity contribution >= 4 is 5.91 Å². The van der Waals surface area contributed by atoms with Gasteiger partial charge in [0.25, 0.3) is 0 Å². The van der Waals surface area contributed by atoms with Crippen LogP contribution in [0.1, 0.15) is 24.5 Å². The molecule has 1 aromatic rings. The molecule has 1 heterocycles. The number of piperazine rings is 1. The van der Waals surface area contributed by atoms with Crippen molar-refractivity contribution in [2.75, 3.05) is 32.7 Å². The highest BCUT2D eigenvalue weighted by atomic mass is 16.2. The van der Waals surface area contributed by atoms with Gasteiger partial charge in [-0.15, -0.1) is 0 Å². The van der Waals surface area contributed by atoms with Crippen LogP contribution in [-0.2, 0) is 11.2 Å². The molecule has 1 aromatic carbocycles. The molecule has 1 aliphatic heterocycles. The summed E-state index contributed by atoms with van der Waals surface area (Å²) in [6.07, 6.45) is 1.59. The van der Waals surface area contributed by atoms with Crippen LogP contribution in [0.4, 0.5) is 0 Å². The Morgan fingerprint density at radius 1 is 1.29 bits per heavy atom. The molecular formula is C17H27N3O. The number of nitrogens with two attached hydrogens (primary N) is 1. The molecule has 0 aliphatic carbocycles. The van der Waals surface area contributed by atoms with E-state index in [-0.39, 0.29) is 5.91 Å². The lowest BCUT2D eigenvalue weighted by atomic mass is 10.1. The smallest absolute Gasteiger partial charge is 0.227 e. The van der Waals surface area contributed by atoms with Crippen LogP contribution in [0.2, 0.25) is 0 Å². The number of carbonyl (C=O) groups is 1. The Morgan fingerprint density at radius 2 is 2.00 bits per heavy atom. The molecule has 21 heavy (non-hydrogen) atoms. The molecule has 1 fully saturated rings. The van der Waals surface area contributed by atoms with Crippen molar-refractivity contribution in [3.63, 3.8) is 0 Å². The molecule has 0 bridgehead atoms. The van der Waals surface area contributed by atoms with Gasteiger partial charge in [0.15, 0.2) is 0 Å². The van der Waals surface area contributed by atoms with E-state index in [0.29, 0.717) is 19.0 Å². The minimum atomic E-state index is 0.237. The summed E-state index contributed by atoms with van der Waals surface area (Å²) < 4.78 is 0. The zero-order valence-corrected chi connectivity index (χ0v) is 13.2. The van der Waals surface area contributed by atoms with Gasteiger partial charge in [-0.05, 0) is 18.9 Å². The van der Waals surface area contributed by atoms with Crippen molar-refractivity contribution < 1.29 is 4.79 Å². The van der Waals surface area contributed by atoms with Crippen LogP contribution in [0, 0.1) is 6.92 Å². The molecule has 116 valence electrons. The lowest BCUT2D eigenvalue weighted by Gasteiger charge is -2.38. The lowest BCUT2D eigenvalue weighted by Crippen LogP contribution is -2.53. The highest BCUT2D eigenvalue weighted by Crippen LogP contribution is 2.11. The van der Waals surface area contributed by atoms with E-state index in [9.17, 15) is 4.79 Å². The number of rotatable bonds is 5. The number of aryl methyl sites for hydroxylation is 1. The second kappa shape index (κ2) is 7.57. The quantitative estimate of drug-likeness (QED) is 0.892. The van der Waals surface area contributed by atoms with Crippen molar-refractivity contribution in [2.45, 2.75) is 32.7 Å². The van der Waals surface area contributed by atoms with Crippen molar-refractivity contribution in [1.29, 1.82) is 0 Å². The number of carbonyl (C=O) groups excluding carboxylic acids is 1. The van der Waals surface area contributed by atoms with Crippen molar-refractivity contribution in [1.82, 2.24) is 9.80 Å². The predicted octanol–water partition coefficient (Wildman–Crippen LogP) is 1.42. The average molecular weight is 289 g/mol. The van der Waals surface area contributed by atoms with E-state index in [4.69, 9.17) is 5.73 Å². The van der Waals surface area contributed by atoms with Crippen molar-refractivity contribution in [3.05, 3.63) is 35.4 Å². The molecule has 2 N–H and O–H groups in total. The highest BCUT2D eigenvalue weighted by molar-refractivity contribution is 5.79. The Bertz CT molecular complexity index is 463. The fraction of sp³-hybridized carbons (Fsp3) is 0.588. The molecule has 0 saturated carbocycles. The average Bonchev–Trinajstić information content (AvgIpc) is 2.49. The fourth-order valence-electron chi connectivity index (χ4n) is 3.02. The SMILES string of the molecule is CCC(CN)N1CCN(C(=O)Cc2cccc(C)c2)CC1. The molecule has 2 rings (SSSR count). The fourth-order valence-corrected chi connectivity index (χ4v) is 3.02. The number of hydrogen-bond acceptors (Lipinski definition) is 3. The summed E-state index contributed by atoms with van der Waals surface area (Å²) in [7, 11) is 0. The topological polar surface area (TPSA) is 49.6 Å².